The lowest BCUT2D eigenvalue weighted by atomic mass is 10.2. The SMILES string of the molecule is Clc1ccc(N=Nc2cnc(-c3cccnc3)nc2-c2cccs2)cc1. The van der Waals surface area contributed by atoms with Gasteiger partial charge in [-0.25, -0.2) is 9.97 Å². The van der Waals surface area contributed by atoms with Crippen LogP contribution in [0, 0.1) is 0 Å². The third kappa shape index (κ3) is 3.66. The van der Waals surface area contributed by atoms with Crippen molar-refractivity contribution in [2.75, 3.05) is 0 Å². The molecule has 126 valence electrons. The standard InChI is InChI=1S/C19H12ClN5S/c20-14-5-7-15(8-6-14)24-25-16-12-22-19(13-3-1-9-21-11-13)23-18(16)17-4-2-10-26-17/h1-12H. The fourth-order valence-corrected chi connectivity index (χ4v) is 3.15. The Morgan fingerprint density at radius 1 is 0.923 bits per heavy atom. The van der Waals surface area contributed by atoms with E-state index in [-0.39, 0.29) is 0 Å². The van der Waals surface area contributed by atoms with E-state index in [1.54, 1.807) is 42.1 Å². The molecule has 0 N–H and O–H groups in total. The minimum Gasteiger partial charge on any atom is -0.264 e. The van der Waals surface area contributed by atoms with Gasteiger partial charge >= 0.3 is 0 Å². The molecule has 5 nitrogen and oxygen atoms in total. The largest absolute Gasteiger partial charge is 0.264 e. The summed E-state index contributed by atoms with van der Waals surface area (Å²) in [7, 11) is 0. The molecule has 0 aliphatic carbocycles. The first-order valence-corrected chi connectivity index (χ1v) is 9.04. The molecule has 0 aliphatic heterocycles. The molecule has 0 saturated carbocycles. The minimum absolute atomic E-state index is 0.604. The summed E-state index contributed by atoms with van der Waals surface area (Å²) in [4.78, 5) is 14.3. The Morgan fingerprint density at radius 3 is 2.54 bits per heavy atom. The summed E-state index contributed by atoms with van der Waals surface area (Å²) >= 11 is 7.49. The molecular weight excluding hydrogens is 366 g/mol. The molecule has 0 spiro atoms. The first kappa shape index (κ1) is 16.5. The van der Waals surface area contributed by atoms with Gasteiger partial charge in [0.15, 0.2) is 5.82 Å². The van der Waals surface area contributed by atoms with Crippen molar-refractivity contribution in [2.24, 2.45) is 10.2 Å². The zero-order valence-corrected chi connectivity index (χ0v) is 15.0. The topological polar surface area (TPSA) is 63.4 Å². The predicted molar refractivity (Wildman–Crippen MR) is 104 cm³/mol. The number of azo groups is 1. The van der Waals surface area contributed by atoms with Crippen LogP contribution < -0.4 is 0 Å². The van der Waals surface area contributed by atoms with Crippen LogP contribution in [0.25, 0.3) is 22.0 Å². The molecule has 0 amide bonds. The van der Waals surface area contributed by atoms with Crippen molar-refractivity contribution >= 4 is 34.3 Å². The van der Waals surface area contributed by atoms with Gasteiger partial charge in [-0.2, -0.15) is 5.11 Å². The van der Waals surface area contributed by atoms with E-state index in [1.807, 2.05) is 41.8 Å². The number of rotatable bonds is 4. The van der Waals surface area contributed by atoms with Gasteiger partial charge < -0.3 is 0 Å². The number of hydrogen-bond acceptors (Lipinski definition) is 6. The van der Waals surface area contributed by atoms with E-state index in [9.17, 15) is 0 Å². The first-order chi connectivity index (χ1) is 12.8. The third-order valence-corrected chi connectivity index (χ3v) is 4.67. The summed E-state index contributed by atoms with van der Waals surface area (Å²) in [5.41, 5.74) is 2.91. The Balaban J connectivity index is 1.75. The molecule has 1 aromatic carbocycles. The number of pyridine rings is 1. The zero-order valence-electron chi connectivity index (χ0n) is 13.5. The van der Waals surface area contributed by atoms with Crippen LogP contribution in [0.4, 0.5) is 11.4 Å². The number of hydrogen-bond donors (Lipinski definition) is 0. The van der Waals surface area contributed by atoms with Crippen molar-refractivity contribution in [1.82, 2.24) is 15.0 Å². The average Bonchev–Trinajstić information content (AvgIpc) is 3.23. The van der Waals surface area contributed by atoms with Crippen LogP contribution in [-0.4, -0.2) is 15.0 Å². The summed E-state index contributed by atoms with van der Waals surface area (Å²) in [6.45, 7) is 0. The van der Waals surface area contributed by atoms with Gasteiger partial charge in [0.25, 0.3) is 0 Å². The lowest BCUT2D eigenvalue weighted by Gasteiger charge is -2.05. The average molecular weight is 378 g/mol. The quantitative estimate of drug-likeness (QED) is 0.390. The Bertz CT molecular complexity index is 1030. The fraction of sp³-hybridized carbons (Fsp3) is 0. The molecule has 4 rings (SSSR count). The summed E-state index contributed by atoms with van der Waals surface area (Å²) < 4.78 is 0. The molecule has 3 aromatic heterocycles. The van der Waals surface area contributed by atoms with E-state index >= 15 is 0 Å². The number of aromatic nitrogens is 3. The Morgan fingerprint density at radius 2 is 1.81 bits per heavy atom. The van der Waals surface area contributed by atoms with Crippen LogP contribution in [0.1, 0.15) is 0 Å². The van der Waals surface area contributed by atoms with E-state index in [2.05, 4.69) is 20.2 Å². The number of halogens is 1. The summed E-state index contributed by atoms with van der Waals surface area (Å²) in [6.07, 6.45) is 5.14. The van der Waals surface area contributed by atoms with Crippen LogP contribution in [-0.2, 0) is 0 Å². The Labute approximate surface area is 159 Å². The maximum Gasteiger partial charge on any atom is 0.161 e. The van der Waals surface area contributed by atoms with Gasteiger partial charge in [-0.1, -0.05) is 17.7 Å². The van der Waals surface area contributed by atoms with Gasteiger partial charge in [-0.3, -0.25) is 4.98 Å². The van der Waals surface area contributed by atoms with Gasteiger partial charge in [0.2, 0.25) is 0 Å². The number of thiophene rings is 1. The van der Waals surface area contributed by atoms with Crippen molar-refractivity contribution < 1.29 is 0 Å². The predicted octanol–water partition coefficient (Wildman–Crippen LogP) is 6.34. The Kier molecular flexibility index (Phi) is 4.77. The van der Waals surface area contributed by atoms with Crippen LogP contribution in [0.15, 0.2) is 82.7 Å². The normalized spacial score (nSPS) is 11.1. The lowest BCUT2D eigenvalue weighted by Crippen LogP contribution is -1.92. The van der Waals surface area contributed by atoms with E-state index < -0.39 is 0 Å². The maximum atomic E-state index is 5.90. The van der Waals surface area contributed by atoms with E-state index in [1.165, 1.54) is 0 Å². The van der Waals surface area contributed by atoms with Crippen molar-refractivity contribution in [1.29, 1.82) is 0 Å². The van der Waals surface area contributed by atoms with Crippen molar-refractivity contribution in [3.8, 4) is 22.0 Å². The van der Waals surface area contributed by atoms with Crippen LogP contribution >= 0.6 is 22.9 Å². The highest BCUT2D eigenvalue weighted by Gasteiger charge is 2.12. The number of nitrogens with zero attached hydrogens (tertiary/aromatic N) is 5. The first-order valence-electron chi connectivity index (χ1n) is 7.78. The van der Waals surface area contributed by atoms with Gasteiger partial charge in [0.05, 0.1) is 16.8 Å². The molecule has 7 heteroatoms. The summed E-state index contributed by atoms with van der Waals surface area (Å²) in [5, 5.41) is 11.3. The highest BCUT2D eigenvalue weighted by atomic mass is 35.5. The van der Waals surface area contributed by atoms with Gasteiger partial charge in [-0.05, 0) is 47.8 Å². The molecular formula is C19H12ClN5S. The maximum absolute atomic E-state index is 5.90. The molecule has 0 atom stereocenters. The molecule has 0 aliphatic rings. The van der Waals surface area contributed by atoms with Gasteiger partial charge in [-0.15, -0.1) is 16.5 Å². The highest BCUT2D eigenvalue weighted by molar-refractivity contribution is 7.13. The third-order valence-electron chi connectivity index (χ3n) is 3.54. The monoisotopic (exact) mass is 377 g/mol. The van der Waals surface area contributed by atoms with Crippen LogP contribution in [0.5, 0.6) is 0 Å². The van der Waals surface area contributed by atoms with E-state index in [0.717, 1.165) is 16.1 Å². The second-order valence-electron chi connectivity index (χ2n) is 5.32. The van der Waals surface area contributed by atoms with Crippen molar-refractivity contribution in [2.45, 2.75) is 0 Å². The molecule has 3 heterocycles. The van der Waals surface area contributed by atoms with Crippen molar-refractivity contribution in [3.05, 3.63) is 77.5 Å². The highest BCUT2D eigenvalue weighted by Crippen LogP contribution is 2.33. The Hall–Kier alpha value is -2.96. The molecule has 4 aromatic rings. The summed E-state index contributed by atoms with van der Waals surface area (Å²) in [6, 6.07) is 14.9. The molecule has 0 radical (unpaired) electrons. The van der Waals surface area contributed by atoms with Crippen LogP contribution in [0.2, 0.25) is 5.02 Å². The smallest absolute Gasteiger partial charge is 0.161 e. The number of benzene rings is 1. The zero-order chi connectivity index (χ0) is 17.8. The molecule has 0 unspecified atom stereocenters. The molecule has 0 bridgehead atoms. The molecule has 26 heavy (non-hydrogen) atoms. The second-order valence-corrected chi connectivity index (χ2v) is 6.71. The minimum atomic E-state index is 0.604. The van der Waals surface area contributed by atoms with E-state index in [4.69, 9.17) is 16.6 Å². The lowest BCUT2D eigenvalue weighted by molar-refractivity contribution is 1.13. The molecule has 0 fully saturated rings. The van der Waals surface area contributed by atoms with Gasteiger partial charge in [0, 0.05) is 23.0 Å². The summed E-state index contributed by atoms with van der Waals surface area (Å²) in [5.74, 6) is 0.604. The molecule has 0 saturated heterocycles. The van der Waals surface area contributed by atoms with Crippen molar-refractivity contribution in [3.63, 3.8) is 0 Å². The van der Waals surface area contributed by atoms with Crippen LogP contribution in [0.3, 0.4) is 0 Å². The second kappa shape index (κ2) is 7.51. The fourth-order valence-electron chi connectivity index (χ4n) is 2.30. The van der Waals surface area contributed by atoms with E-state index in [0.29, 0.717) is 22.2 Å². The van der Waals surface area contributed by atoms with Gasteiger partial charge in [0.1, 0.15) is 11.4 Å².